The lowest BCUT2D eigenvalue weighted by Crippen LogP contribution is -2.35. The van der Waals surface area contributed by atoms with Crippen molar-refractivity contribution in [3.05, 3.63) is 54.4 Å². The number of anilines is 1. The maximum absolute atomic E-state index is 5.74. The van der Waals surface area contributed by atoms with Crippen LogP contribution in [0.3, 0.4) is 0 Å². The molecule has 0 aliphatic rings. The number of pyridine rings is 1. The van der Waals surface area contributed by atoms with Crippen molar-refractivity contribution in [3.8, 4) is 5.75 Å². The Morgan fingerprint density at radius 1 is 1.11 bits per heavy atom. The largest absolute Gasteiger partial charge is 0.487 e. The third kappa shape index (κ3) is 3.98. The summed E-state index contributed by atoms with van der Waals surface area (Å²) >= 11 is 0. The van der Waals surface area contributed by atoms with E-state index in [-0.39, 0.29) is 0 Å². The number of ether oxygens (including phenoxy) is 1. The van der Waals surface area contributed by atoms with E-state index in [1.54, 1.807) is 0 Å². The Hall–Kier alpha value is -2.03. The first-order valence-electron chi connectivity index (χ1n) is 6.51. The summed E-state index contributed by atoms with van der Waals surface area (Å²) in [7, 11) is 4.08. The van der Waals surface area contributed by atoms with Crippen molar-refractivity contribution in [1.29, 1.82) is 0 Å². The summed E-state index contributed by atoms with van der Waals surface area (Å²) in [6, 6.07) is 12.3. The van der Waals surface area contributed by atoms with Crippen LogP contribution in [-0.4, -0.2) is 20.7 Å². The molecule has 0 N–H and O–H groups in total. The van der Waals surface area contributed by atoms with E-state index in [1.807, 2.05) is 26.2 Å². The fraction of sp³-hybridized carbons (Fsp3) is 0.312. The number of aromatic nitrogens is 1. The van der Waals surface area contributed by atoms with Crippen molar-refractivity contribution >= 4 is 5.69 Å². The Balaban J connectivity index is 1.85. The number of hydrogen-bond donors (Lipinski definition) is 0. The van der Waals surface area contributed by atoms with Crippen LogP contribution in [0.2, 0.25) is 0 Å². The molecule has 100 valence electrons. The second-order valence-corrected chi connectivity index (χ2v) is 4.85. The van der Waals surface area contributed by atoms with Crippen LogP contribution in [0.15, 0.2) is 48.8 Å². The zero-order valence-corrected chi connectivity index (χ0v) is 11.8. The molecule has 1 aromatic heterocycles. The molecule has 2 aromatic rings. The highest BCUT2D eigenvalue weighted by molar-refractivity contribution is 5.41. The highest BCUT2D eigenvalue weighted by Gasteiger charge is 2.02. The van der Waals surface area contributed by atoms with Crippen molar-refractivity contribution in [2.75, 3.05) is 25.6 Å². The molecule has 0 fully saturated rings. The predicted octanol–water partition coefficient (Wildman–Crippen LogP) is 2.43. The summed E-state index contributed by atoms with van der Waals surface area (Å²) in [5.74, 6) is 0.936. The summed E-state index contributed by atoms with van der Waals surface area (Å²) < 4.78 is 7.86. The first kappa shape index (κ1) is 13.4. The Bertz CT molecular complexity index is 521. The van der Waals surface area contributed by atoms with Gasteiger partial charge in [-0.15, -0.1) is 0 Å². The van der Waals surface area contributed by atoms with Crippen LogP contribution in [-0.2, 0) is 6.54 Å². The lowest BCUT2D eigenvalue weighted by molar-refractivity contribution is -0.697. The van der Waals surface area contributed by atoms with Crippen molar-refractivity contribution < 1.29 is 9.30 Å². The van der Waals surface area contributed by atoms with Crippen molar-refractivity contribution in [3.63, 3.8) is 0 Å². The number of benzene rings is 1. The number of rotatable bonds is 5. The second-order valence-electron chi connectivity index (χ2n) is 4.85. The number of hydrogen-bond acceptors (Lipinski definition) is 2. The van der Waals surface area contributed by atoms with Crippen molar-refractivity contribution in [2.24, 2.45) is 0 Å². The van der Waals surface area contributed by atoms with E-state index in [1.165, 1.54) is 11.3 Å². The molecule has 3 heteroatoms. The third-order valence-corrected chi connectivity index (χ3v) is 3.00. The van der Waals surface area contributed by atoms with E-state index < -0.39 is 0 Å². The average molecular weight is 257 g/mol. The molecule has 0 aliphatic carbocycles. The van der Waals surface area contributed by atoms with E-state index in [0.29, 0.717) is 6.61 Å². The standard InChI is InChI=1S/C16H21N2O/c1-14-5-4-6-16(13-14)19-12-11-18-9-7-15(8-10-18)17(2)3/h4-10,13H,11-12H2,1-3H3/q+1. The van der Waals surface area contributed by atoms with Crippen LogP contribution in [0, 0.1) is 6.92 Å². The maximum Gasteiger partial charge on any atom is 0.182 e. The molecule has 2 rings (SSSR count). The smallest absolute Gasteiger partial charge is 0.182 e. The highest BCUT2D eigenvalue weighted by Crippen LogP contribution is 2.12. The molecular weight excluding hydrogens is 236 g/mol. The fourth-order valence-corrected chi connectivity index (χ4v) is 1.87. The average Bonchev–Trinajstić information content (AvgIpc) is 2.39. The topological polar surface area (TPSA) is 16.4 Å². The van der Waals surface area contributed by atoms with Gasteiger partial charge in [-0.3, -0.25) is 0 Å². The third-order valence-electron chi connectivity index (χ3n) is 3.00. The highest BCUT2D eigenvalue weighted by atomic mass is 16.5. The quantitative estimate of drug-likeness (QED) is 0.765. The molecule has 3 nitrogen and oxygen atoms in total. The Morgan fingerprint density at radius 2 is 1.84 bits per heavy atom. The van der Waals surface area contributed by atoms with Crippen LogP contribution in [0.25, 0.3) is 0 Å². The van der Waals surface area contributed by atoms with Gasteiger partial charge in [0, 0.05) is 31.9 Å². The monoisotopic (exact) mass is 257 g/mol. The normalized spacial score (nSPS) is 10.3. The van der Waals surface area contributed by atoms with Gasteiger partial charge >= 0.3 is 0 Å². The predicted molar refractivity (Wildman–Crippen MR) is 77.6 cm³/mol. The maximum atomic E-state index is 5.74. The molecule has 0 saturated carbocycles. The van der Waals surface area contributed by atoms with E-state index in [4.69, 9.17) is 4.74 Å². The van der Waals surface area contributed by atoms with Gasteiger partial charge in [-0.1, -0.05) is 12.1 Å². The summed E-state index contributed by atoms with van der Waals surface area (Å²) in [4.78, 5) is 2.09. The molecule has 19 heavy (non-hydrogen) atoms. The van der Waals surface area contributed by atoms with Gasteiger partial charge in [-0.2, -0.15) is 0 Å². The van der Waals surface area contributed by atoms with Crippen LogP contribution in [0.5, 0.6) is 5.75 Å². The van der Waals surface area contributed by atoms with Gasteiger partial charge in [0.05, 0.1) is 0 Å². The second kappa shape index (κ2) is 6.23. The summed E-state index contributed by atoms with van der Waals surface area (Å²) in [6.07, 6.45) is 4.16. The Labute approximate surface area is 115 Å². The molecule has 0 unspecified atom stereocenters. The lowest BCUT2D eigenvalue weighted by Gasteiger charge is -2.10. The molecule has 0 aliphatic heterocycles. The molecule has 1 aromatic carbocycles. The minimum absolute atomic E-state index is 0.676. The first-order chi connectivity index (χ1) is 9.15. The Kier molecular flexibility index (Phi) is 4.39. The van der Waals surface area contributed by atoms with E-state index in [9.17, 15) is 0 Å². The van der Waals surface area contributed by atoms with E-state index in [2.05, 4.69) is 53.0 Å². The molecule has 0 spiro atoms. The van der Waals surface area contributed by atoms with Crippen LogP contribution in [0.4, 0.5) is 5.69 Å². The fourth-order valence-electron chi connectivity index (χ4n) is 1.87. The van der Waals surface area contributed by atoms with Gasteiger partial charge in [0.2, 0.25) is 0 Å². The molecule has 0 radical (unpaired) electrons. The van der Waals surface area contributed by atoms with Crippen LogP contribution >= 0.6 is 0 Å². The van der Waals surface area contributed by atoms with Gasteiger partial charge in [0.1, 0.15) is 12.4 Å². The van der Waals surface area contributed by atoms with Gasteiger partial charge < -0.3 is 9.64 Å². The van der Waals surface area contributed by atoms with E-state index >= 15 is 0 Å². The molecule has 0 atom stereocenters. The summed E-state index contributed by atoms with van der Waals surface area (Å²) in [5, 5.41) is 0. The van der Waals surface area contributed by atoms with Crippen molar-refractivity contribution in [2.45, 2.75) is 13.5 Å². The van der Waals surface area contributed by atoms with Crippen molar-refractivity contribution in [1.82, 2.24) is 0 Å². The molecule has 1 heterocycles. The van der Waals surface area contributed by atoms with Gasteiger partial charge in [-0.05, 0) is 24.6 Å². The zero-order chi connectivity index (χ0) is 13.7. The van der Waals surface area contributed by atoms with Crippen LogP contribution < -0.4 is 14.2 Å². The molecule has 0 amide bonds. The number of nitrogens with zero attached hydrogens (tertiary/aromatic N) is 2. The SMILES string of the molecule is Cc1cccc(OCC[n+]2ccc(N(C)C)cc2)c1. The summed E-state index contributed by atoms with van der Waals surface area (Å²) in [5.41, 5.74) is 2.43. The molecule has 0 saturated heterocycles. The van der Waals surface area contributed by atoms with Gasteiger partial charge in [-0.25, -0.2) is 4.57 Å². The summed E-state index contributed by atoms with van der Waals surface area (Å²) in [6.45, 7) is 3.60. The first-order valence-corrected chi connectivity index (χ1v) is 6.51. The minimum atomic E-state index is 0.676. The zero-order valence-electron chi connectivity index (χ0n) is 11.8. The van der Waals surface area contributed by atoms with E-state index in [0.717, 1.165) is 12.3 Å². The minimum Gasteiger partial charge on any atom is -0.487 e. The van der Waals surface area contributed by atoms with Gasteiger partial charge in [0.15, 0.2) is 18.9 Å². The number of aryl methyl sites for hydroxylation is 1. The molecule has 0 bridgehead atoms. The van der Waals surface area contributed by atoms with Crippen LogP contribution in [0.1, 0.15) is 5.56 Å². The van der Waals surface area contributed by atoms with Gasteiger partial charge in [0.25, 0.3) is 0 Å². The molecular formula is C16H21N2O+. The lowest BCUT2D eigenvalue weighted by atomic mass is 10.2. The Morgan fingerprint density at radius 3 is 2.47 bits per heavy atom.